The average molecular weight is 409 g/mol. The second-order valence-corrected chi connectivity index (χ2v) is 7.12. The van der Waals surface area contributed by atoms with Crippen molar-refractivity contribution < 1.29 is 18.0 Å². The fourth-order valence-corrected chi connectivity index (χ4v) is 2.58. The number of amides is 1. The standard InChI is InChI=1S/C18H22F3N7O/c1-10(11-7-8-11)23-17-26-15(12-5-4-6-13(24-12)18(19,20)21)25-16(27-17)22-9-14(29)28(2)3/h4-6,10-11H,7-9H2,1-3H3,(H2,22,23,25,26,27)/t10-/m1/s1. The van der Waals surface area contributed by atoms with E-state index in [9.17, 15) is 18.0 Å². The maximum Gasteiger partial charge on any atom is 0.433 e. The lowest BCUT2D eigenvalue weighted by Crippen LogP contribution is -2.29. The van der Waals surface area contributed by atoms with Crippen molar-refractivity contribution in [1.82, 2.24) is 24.8 Å². The number of likely N-dealkylation sites (N-methyl/N-ethyl adjacent to an activating group) is 1. The number of carbonyl (C=O) groups is 1. The zero-order chi connectivity index (χ0) is 21.2. The lowest BCUT2D eigenvalue weighted by atomic mass is 10.2. The minimum absolute atomic E-state index is 0.0172. The van der Waals surface area contributed by atoms with E-state index in [1.54, 1.807) is 14.1 Å². The first kappa shape index (κ1) is 20.7. The third kappa shape index (κ3) is 5.52. The topological polar surface area (TPSA) is 95.9 Å². The van der Waals surface area contributed by atoms with Gasteiger partial charge in [-0.05, 0) is 37.8 Å². The van der Waals surface area contributed by atoms with E-state index in [4.69, 9.17) is 0 Å². The van der Waals surface area contributed by atoms with Crippen LogP contribution in [0.3, 0.4) is 0 Å². The molecule has 2 aromatic rings. The smallest absolute Gasteiger partial charge is 0.351 e. The quantitative estimate of drug-likeness (QED) is 0.726. The highest BCUT2D eigenvalue weighted by atomic mass is 19.4. The van der Waals surface area contributed by atoms with Gasteiger partial charge in [-0.2, -0.15) is 28.1 Å². The van der Waals surface area contributed by atoms with Crippen molar-refractivity contribution in [2.24, 2.45) is 5.92 Å². The molecule has 2 N–H and O–H groups in total. The molecule has 8 nitrogen and oxygen atoms in total. The van der Waals surface area contributed by atoms with Crippen molar-refractivity contribution in [3.8, 4) is 11.5 Å². The molecule has 0 unspecified atom stereocenters. The maximum absolute atomic E-state index is 13.0. The summed E-state index contributed by atoms with van der Waals surface area (Å²) in [4.78, 5) is 29.5. The van der Waals surface area contributed by atoms with Crippen molar-refractivity contribution in [2.45, 2.75) is 32.0 Å². The average Bonchev–Trinajstić information content (AvgIpc) is 3.50. The monoisotopic (exact) mass is 409 g/mol. The number of alkyl halides is 3. The number of aromatic nitrogens is 4. The van der Waals surface area contributed by atoms with Gasteiger partial charge in [-0.3, -0.25) is 4.79 Å². The van der Waals surface area contributed by atoms with Gasteiger partial charge in [0.1, 0.15) is 11.4 Å². The van der Waals surface area contributed by atoms with Gasteiger partial charge in [0, 0.05) is 20.1 Å². The SMILES string of the molecule is C[C@@H](Nc1nc(NCC(=O)N(C)C)nc(-c2cccc(C(F)(F)F)n2)n1)C1CC1. The number of nitrogens with zero attached hydrogens (tertiary/aromatic N) is 5. The Hall–Kier alpha value is -2.98. The van der Waals surface area contributed by atoms with Crippen molar-refractivity contribution in [1.29, 1.82) is 0 Å². The summed E-state index contributed by atoms with van der Waals surface area (Å²) in [5.74, 6) is 0.582. The highest BCUT2D eigenvalue weighted by Gasteiger charge is 2.33. The van der Waals surface area contributed by atoms with Crippen molar-refractivity contribution in [3.63, 3.8) is 0 Å². The third-order valence-corrected chi connectivity index (χ3v) is 4.49. The number of anilines is 2. The molecule has 0 spiro atoms. The van der Waals surface area contributed by atoms with Crippen LogP contribution >= 0.6 is 0 Å². The molecule has 0 bridgehead atoms. The number of pyridine rings is 1. The van der Waals surface area contributed by atoms with Gasteiger partial charge in [0.2, 0.25) is 17.8 Å². The number of hydrogen-bond acceptors (Lipinski definition) is 7. The van der Waals surface area contributed by atoms with Crippen LogP contribution in [0.1, 0.15) is 25.5 Å². The molecule has 11 heteroatoms. The van der Waals surface area contributed by atoms with Crippen molar-refractivity contribution in [3.05, 3.63) is 23.9 Å². The second-order valence-electron chi connectivity index (χ2n) is 7.12. The highest BCUT2D eigenvalue weighted by molar-refractivity contribution is 5.79. The van der Waals surface area contributed by atoms with Gasteiger partial charge in [-0.25, -0.2) is 4.98 Å². The molecule has 0 radical (unpaired) electrons. The summed E-state index contributed by atoms with van der Waals surface area (Å²) in [7, 11) is 3.22. The predicted molar refractivity (Wildman–Crippen MR) is 101 cm³/mol. The summed E-state index contributed by atoms with van der Waals surface area (Å²) in [6, 6.07) is 3.63. The van der Waals surface area contributed by atoms with E-state index < -0.39 is 11.9 Å². The summed E-state index contributed by atoms with van der Waals surface area (Å²) in [5.41, 5.74) is -1.07. The van der Waals surface area contributed by atoms with E-state index >= 15 is 0 Å². The molecule has 29 heavy (non-hydrogen) atoms. The number of carbonyl (C=O) groups excluding carboxylic acids is 1. The molecule has 1 atom stereocenters. The normalized spacial score (nSPS) is 15.0. The molecule has 0 aromatic carbocycles. The van der Waals surface area contributed by atoms with Gasteiger partial charge < -0.3 is 15.5 Å². The molecule has 156 valence electrons. The summed E-state index contributed by atoms with van der Waals surface area (Å²) >= 11 is 0. The molecule has 1 aliphatic rings. The van der Waals surface area contributed by atoms with Crippen LogP contribution in [0.4, 0.5) is 25.1 Å². The zero-order valence-electron chi connectivity index (χ0n) is 16.3. The van der Waals surface area contributed by atoms with Crippen molar-refractivity contribution >= 4 is 17.8 Å². The maximum atomic E-state index is 13.0. The van der Waals surface area contributed by atoms with Gasteiger partial charge >= 0.3 is 6.18 Å². The van der Waals surface area contributed by atoms with Crippen LogP contribution in [0.25, 0.3) is 11.5 Å². The molecular formula is C18H22F3N7O. The first-order valence-electron chi connectivity index (χ1n) is 9.14. The largest absolute Gasteiger partial charge is 0.433 e. The van der Waals surface area contributed by atoms with Crippen LogP contribution in [0.5, 0.6) is 0 Å². The molecule has 1 fully saturated rings. The number of nitrogens with one attached hydrogen (secondary N) is 2. The van der Waals surface area contributed by atoms with Crippen molar-refractivity contribution in [2.75, 3.05) is 31.3 Å². The molecule has 1 saturated carbocycles. The Morgan fingerprint density at radius 2 is 1.86 bits per heavy atom. The third-order valence-electron chi connectivity index (χ3n) is 4.49. The van der Waals surface area contributed by atoms with Crippen LogP contribution in [0.2, 0.25) is 0 Å². The molecule has 1 amide bonds. The summed E-state index contributed by atoms with van der Waals surface area (Å²) in [5, 5.41) is 5.96. The van der Waals surface area contributed by atoms with Gasteiger partial charge in [-0.15, -0.1) is 0 Å². The molecular weight excluding hydrogens is 387 g/mol. The summed E-state index contributed by atoms with van der Waals surface area (Å²) in [6.07, 6.45) is -2.38. The van der Waals surface area contributed by atoms with Crippen LogP contribution in [0, 0.1) is 5.92 Å². The number of hydrogen-bond donors (Lipinski definition) is 2. The lowest BCUT2D eigenvalue weighted by Gasteiger charge is -2.15. The Kier molecular flexibility index (Phi) is 5.85. The highest BCUT2D eigenvalue weighted by Crippen LogP contribution is 2.34. The molecule has 2 aromatic heterocycles. The van der Waals surface area contributed by atoms with Gasteiger partial charge in [-0.1, -0.05) is 6.07 Å². The first-order valence-corrected chi connectivity index (χ1v) is 9.14. The Morgan fingerprint density at radius 3 is 2.48 bits per heavy atom. The van der Waals surface area contributed by atoms with E-state index in [0.717, 1.165) is 18.9 Å². The van der Waals surface area contributed by atoms with E-state index in [1.165, 1.54) is 17.0 Å². The summed E-state index contributed by atoms with van der Waals surface area (Å²) < 4.78 is 39.0. The Morgan fingerprint density at radius 1 is 1.17 bits per heavy atom. The van der Waals surface area contributed by atoms with Crippen LogP contribution in [-0.4, -0.2) is 57.4 Å². The zero-order valence-corrected chi connectivity index (χ0v) is 16.3. The van der Waals surface area contributed by atoms with E-state index in [1.807, 2.05) is 6.92 Å². The minimum atomic E-state index is -4.58. The Labute approximate surface area is 166 Å². The minimum Gasteiger partial charge on any atom is -0.351 e. The molecule has 2 heterocycles. The molecule has 0 saturated heterocycles. The second kappa shape index (κ2) is 8.18. The summed E-state index contributed by atoms with van der Waals surface area (Å²) in [6.45, 7) is 1.93. The van der Waals surface area contributed by atoms with Crippen LogP contribution in [0.15, 0.2) is 18.2 Å². The first-order chi connectivity index (χ1) is 13.6. The Bertz CT molecular complexity index is 884. The molecule has 0 aliphatic heterocycles. The van der Waals surface area contributed by atoms with E-state index in [2.05, 4.69) is 30.6 Å². The van der Waals surface area contributed by atoms with Gasteiger partial charge in [0.05, 0.1) is 6.54 Å². The van der Waals surface area contributed by atoms with Crippen LogP contribution in [-0.2, 0) is 11.0 Å². The van der Waals surface area contributed by atoms with E-state index in [-0.39, 0.29) is 41.9 Å². The van der Waals surface area contributed by atoms with E-state index in [0.29, 0.717) is 5.92 Å². The number of halogens is 3. The fourth-order valence-electron chi connectivity index (χ4n) is 2.58. The van der Waals surface area contributed by atoms with Gasteiger partial charge in [0.15, 0.2) is 5.82 Å². The lowest BCUT2D eigenvalue weighted by molar-refractivity contribution is -0.141. The molecule has 1 aliphatic carbocycles. The van der Waals surface area contributed by atoms with Crippen LogP contribution < -0.4 is 10.6 Å². The fraction of sp³-hybridized carbons (Fsp3) is 0.500. The molecule has 3 rings (SSSR count). The van der Waals surface area contributed by atoms with Gasteiger partial charge in [0.25, 0.3) is 0 Å². The predicted octanol–water partition coefficient (Wildman–Crippen LogP) is 2.66. The number of rotatable bonds is 7. The Balaban J connectivity index is 1.92.